The van der Waals surface area contributed by atoms with Gasteiger partial charge in [0.05, 0.1) is 0 Å². The average molecular weight is 622 g/mol. The fraction of sp³-hybridized carbons (Fsp3) is 1.00. The normalized spacial score (nSPS) is 15.5. The van der Waals surface area contributed by atoms with E-state index < -0.39 is 69.4 Å². The van der Waals surface area contributed by atoms with Crippen molar-refractivity contribution >= 4 is 9.28 Å². The number of alkyl halides is 17. The Hall–Kier alpha value is -1.05. The molecule has 0 spiro atoms. The summed E-state index contributed by atoms with van der Waals surface area (Å²) in [6.45, 7) is 2.90. The summed E-state index contributed by atoms with van der Waals surface area (Å²) in [5.74, 6) is -56.2. The topological polar surface area (TPSA) is 18.5 Å². The van der Waals surface area contributed by atoms with Crippen molar-refractivity contribution in [2.45, 2.75) is 99.6 Å². The summed E-state index contributed by atoms with van der Waals surface area (Å²) in [6, 6.07) is -1.32. The first-order valence-electron chi connectivity index (χ1n) is 10.7. The molecular formula is C18H23F17O2Si. The highest BCUT2D eigenvalue weighted by Gasteiger charge is 2.95. The van der Waals surface area contributed by atoms with Crippen LogP contribution in [0.25, 0.3) is 0 Å². The van der Waals surface area contributed by atoms with Gasteiger partial charge in [0.1, 0.15) is 0 Å². The minimum atomic E-state index is -8.62. The lowest BCUT2D eigenvalue weighted by Gasteiger charge is -2.42. The first-order valence-corrected chi connectivity index (χ1v) is 12.4. The van der Waals surface area contributed by atoms with E-state index in [1.807, 2.05) is 0 Å². The Labute approximate surface area is 206 Å². The molecular weight excluding hydrogens is 599 g/mol. The minimum Gasteiger partial charge on any atom is -0.397 e. The van der Waals surface area contributed by atoms with Crippen LogP contribution in [0.2, 0.25) is 6.04 Å². The molecule has 0 saturated heterocycles. The third-order valence-corrected chi connectivity index (χ3v) is 7.06. The van der Waals surface area contributed by atoms with Gasteiger partial charge >= 0.3 is 56.9 Å². The quantitative estimate of drug-likeness (QED) is 0.0925. The number of halogens is 17. The Balaban J connectivity index is 6.23. The number of hydrogen-bond donors (Lipinski definition) is 0. The summed E-state index contributed by atoms with van der Waals surface area (Å²) >= 11 is 0. The maximum absolute atomic E-state index is 14.1. The van der Waals surface area contributed by atoms with Gasteiger partial charge in [0, 0.05) is 19.6 Å². The van der Waals surface area contributed by atoms with Gasteiger partial charge in [0.15, 0.2) is 0 Å². The maximum atomic E-state index is 14.1. The molecule has 0 rings (SSSR count). The largest absolute Gasteiger partial charge is 0.460 e. The summed E-state index contributed by atoms with van der Waals surface area (Å²) in [5.41, 5.74) is 0. The molecule has 0 fully saturated rings. The molecule has 0 aliphatic carbocycles. The van der Waals surface area contributed by atoms with Crippen LogP contribution >= 0.6 is 0 Å². The van der Waals surface area contributed by atoms with Crippen LogP contribution in [0, 0.1) is 0 Å². The van der Waals surface area contributed by atoms with Crippen LogP contribution in [0.1, 0.15) is 46.0 Å². The van der Waals surface area contributed by atoms with Crippen molar-refractivity contribution < 1.29 is 83.5 Å². The van der Waals surface area contributed by atoms with Crippen LogP contribution in [-0.4, -0.2) is 70.1 Å². The fourth-order valence-electron chi connectivity index (χ4n) is 2.59. The molecule has 0 heterocycles. The first-order chi connectivity index (χ1) is 16.7. The van der Waals surface area contributed by atoms with Gasteiger partial charge in [0.2, 0.25) is 0 Å². The predicted octanol–water partition coefficient (Wildman–Crippen LogP) is 8.24. The minimum absolute atomic E-state index is 0.190. The molecule has 0 aromatic heterocycles. The summed E-state index contributed by atoms with van der Waals surface area (Å²) in [5, 5.41) is 0. The van der Waals surface area contributed by atoms with Gasteiger partial charge in [-0.2, -0.15) is 74.6 Å². The molecule has 230 valence electrons. The van der Waals surface area contributed by atoms with Crippen LogP contribution in [0.4, 0.5) is 74.6 Å². The van der Waals surface area contributed by atoms with Crippen molar-refractivity contribution in [1.82, 2.24) is 0 Å². The van der Waals surface area contributed by atoms with Crippen molar-refractivity contribution in [3.63, 3.8) is 0 Å². The van der Waals surface area contributed by atoms with Crippen molar-refractivity contribution in [3.8, 4) is 0 Å². The molecule has 20 heteroatoms. The zero-order valence-electron chi connectivity index (χ0n) is 19.5. The van der Waals surface area contributed by atoms with Crippen molar-refractivity contribution in [2.75, 3.05) is 13.2 Å². The maximum Gasteiger partial charge on any atom is 0.460 e. The van der Waals surface area contributed by atoms with Crippen LogP contribution in [0.15, 0.2) is 0 Å². The molecule has 0 aromatic carbocycles. The molecule has 38 heavy (non-hydrogen) atoms. The monoisotopic (exact) mass is 622 g/mol. The molecule has 0 aliphatic heterocycles. The summed E-state index contributed by atoms with van der Waals surface area (Å²) in [4.78, 5) is 0. The lowest BCUT2D eigenvalue weighted by atomic mass is 9.88. The first kappa shape index (κ1) is 36.9. The summed E-state index contributed by atoms with van der Waals surface area (Å²) < 4.78 is 237. The zero-order valence-corrected chi connectivity index (χ0v) is 20.6. The van der Waals surface area contributed by atoms with E-state index in [2.05, 4.69) is 0 Å². The summed E-state index contributed by atoms with van der Waals surface area (Å²) in [6.07, 6.45) is -8.78. The van der Waals surface area contributed by atoms with E-state index in [9.17, 15) is 74.6 Å². The molecule has 0 aliphatic rings. The predicted molar refractivity (Wildman–Crippen MR) is 99.0 cm³/mol. The number of hydrogen-bond acceptors (Lipinski definition) is 2. The van der Waals surface area contributed by atoms with Gasteiger partial charge in [-0.1, -0.05) is 26.7 Å². The van der Waals surface area contributed by atoms with E-state index in [0.717, 1.165) is 0 Å². The van der Waals surface area contributed by atoms with E-state index in [1.165, 1.54) is 0 Å². The lowest BCUT2D eigenvalue weighted by Crippen LogP contribution is -2.74. The van der Waals surface area contributed by atoms with Gasteiger partial charge in [-0.25, -0.2) is 0 Å². The molecule has 0 atom stereocenters. The van der Waals surface area contributed by atoms with Crippen molar-refractivity contribution in [3.05, 3.63) is 0 Å². The van der Waals surface area contributed by atoms with Gasteiger partial charge in [0.25, 0.3) is 0 Å². The molecule has 0 amide bonds. The Morgan fingerprint density at radius 1 is 0.474 bits per heavy atom. The van der Waals surface area contributed by atoms with E-state index in [0.29, 0.717) is 12.8 Å². The molecule has 0 radical (unpaired) electrons. The third-order valence-electron chi connectivity index (χ3n) is 5.08. The van der Waals surface area contributed by atoms with Gasteiger partial charge in [-0.3, -0.25) is 0 Å². The smallest absolute Gasteiger partial charge is 0.397 e. The fourth-order valence-corrected chi connectivity index (χ4v) is 4.47. The SMILES string of the molecule is CCCCO[SiH](CCC(F)(F)C(F)(F)C(F)(F)C(F)(F)C(F)(F)C(F)(F)C(F)(F)C(F)(F)F)OCCCC. The van der Waals surface area contributed by atoms with E-state index in [1.54, 1.807) is 13.8 Å². The van der Waals surface area contributed by atoms with Gasteiger partial charge in [-0.15, -0.1) is 0 Å². The molecule has 0 N–H and O–H groups in total. The second-order valence-electron chi connectivity index (χ2n) is 8.07. The Morgan fingerprint density at radius 3 is 1.11 bits per heavy atom. The van der Waals surface area contributed by atoms with Crippen LogP contribution < -0.4 is 0 Å². The second kappa shape index (κ2) is 12.2. The average Bonchev–Trinajstić information content (AvgIpc) is 2.75. The molecule has 0 bridgehead atoms. The Kier molecular flexibility index (Phi) is 11.9. The zero-order chi connectivity index (χ0) is 30.6. The third kappa shape index (κ3) is 6.63. The Bertz CT molecular complexity index is 729. The van der Waals surface area contributed by atoms with Crippen molar-refractivity contribution in [1.29, 1.82) is 0 Å². The number of rotatable bonds is 17. The van der Waals surface area contributed by atoms with Crippen LogP contribution in [-0.2, 0) is 8.85 Å². The highest BCUT2D eigenvalue weighted by Crippen LogP contribution is 2.64. The molecule has 0 saturated carbocycles. The van der Waals surface area contributed by atoms with Crippen molar-refractivity contribution in [2.24, 2.45) is 0 Å². The van der Waals surface area contributed by atoms with Crippen LogP contribution in [0.3, 0.4) is 0 Å². The second-order valence-corrected chi connectivity index (χ2v) is 10.2. The standard InChI is InChI=1S/C18H23F17O2Si/c1-3-5-8-36-38(37-9-6-4-2)10-7-11(19,20)12(21,22)13(23,24)14(25,26)15(27,28)16(29,30)17(31,32)18(33,34)35/h38H,3-10H2,1-2H3. The van der Waals surface area contributed by atoms with E-state index >= 15 is 0 Å². The molecule has 0 aromatic rings. The van der Waals surface area contributed by atoms with Gasteiger partial charge in [-0.05, 0) is 18.9 Å². The van der Waals surface area contributed by atoms with E-state index in [-0.39, 0.29) is 26.1 Å². The highest BCUT2D eigenvalue weighted by molar-refractivity contribution is 6.44. The molecule has 2 nitrogen and oxygen atoms in total. The summed E-state index contributed by atoms with van der Waals surface area (Å²) in [7, 11) is -3.41. The molecule has 0 unspecified atom stereocenters. The number of unbranched alkanes of at least 4 members (excludes halogenated alkanes) is 2. The van der Waals surface area contributed by atoms with Crippen LogP contribution in [0.5, 0.6) is 0 Å². The lowest BCUT2D eigenvalue weighted by molar-refractivity contribution is -0.461. The Morgan fingerprint density at radius 2 is 0.789 bits per heavy atom. The van der Waals surface area contributed by atoms with E-state index in [4.69, 9.17) is 8.85 Å². The highest BCUT2D eigenvalue weighted by atomic mass is 28.3. The van der Waals surface area contributed by atoms with Gasteiger partial charge < -0.3 is 8.85 Å².